The molecule has 0 saturated carbocycles. The summed E-state index contributed by atoms with van der Waals surface area (Å²) in [6, 6.07) is 19.8. The van der Waals surface area contributed by atoms with Crippen molar-refractivity contribution in [1.82, 2.24) is 4.98 Å². The van der Waals surface area contributed by atoms with Crippen LogP contribution in [0.2, 0.25) is 0 Å². The maximum atomic E-state index is 8.45. The van der Waals surface area contributed by atoms with Crippen molar-refractivity contribution in [2.45, 2.75) is 39.9 Å². The first kappa shape index (κ1) is 13.9. The molecule has 0 aliphatic heterocycles. The molecule has 0 spiro atoms. The first-order valence-corrected chi connectivity index (χ1v) is 10.5. The molecule has 154 valence electrons. The van der Waals surface area contributed by atoms with Crippen molar-refractivity contribution < 1.29 is 12.8 Å². The molecule has 31 heavy (non-hydrogen) atoms. The highest BCUT2D eigenvalue weighted by atomic mass is 14.9. The molecular weight excluding hydrogens is 376 g/mol. The standard InChI is InChI=1S/C29H29N2/c1-18-7-10-21(11-8-18)22-13-14-31(6)27(16-22)24-17-25-23-12-9-20(3)30-28(23)29(4,5)26(25)15-19(24)2/h7-17H,1-6H3/q+1/i4D3,5D3. The summed E-state index contributed by atoms with van der Waals surface area (Å²) in [4.78, 5) is 4.54. The van der Waals surface area contributed by atoms with E-state index in [-0.39, 0.29) is 5.69 Å². The van der Waals surface area contributed by atoms with Gasteiger partial charge in [-0.1, -0.05) is 55.7 Å². The molecule has 0 atom stereocenters. The van der Waals surface area contributed by atoms with Gasteiger partial charge < -0.3 is 0 Å². The van der Waals surface area contributed by atoms with Crippen molar-refractivity contribution in [1.29, 1.82) is 0 Å². The summed E-state index contributed by atoms with van der Waals surface area (Å²) in [5, 5.41) is 0. The van der Waals surface area contributed by atoms with E-state index in [0.717, 1.165) is 27.9 Å². The van der Waals surface area contributed by atoms with E-state index in [2.05, 4.69) is 48.3 Å². The fourth-order valence-electron chi connectivity index (χ4n) is 4.47. The average Bonchev–Trinajstić information content (AvgIpc) is 3.09. The number of nitrogens with zero attached hydrogens (tertiary/aromatic N) is 2. The average molecular weight is 412 g/mol. The molecule has 4 aromatic rings. The Balaban J connectivity index is 1.80. The van der Waals surface area contributed by atoms with Gasteiger partial charge in [0.25, 0.3) is 0 Å². The maximum absolute atomic E-state index is 8.45. The van der Waals surface area contributed by atoms with Crippen molar-refractivity contribution in [2.75, 3.05) is 0 Å². The van der Waals surface area contributed by atoms with Gasteiger partial charge in [0.1, 0.15) is 7.05 Å². The van der Waals surface area contributed by atoms with Crippen molar-refractivity contribution in [2.24, 2.45) is 7.05 Å². The monoisotopic (exact) mass is 411 g/mol. The third kappa shape index (κ3) is 3.09. The minimum absolute atomic E-state index is 0.108. The number of rotatable bonds is 2. The van der Waals surface area contributed by atoms with Gasteiger partial charge in [-0.15, -0.1) is 0 Å². The fourth-order valence-corrected chi connectivity index (χ4v) is 4.47. The molecule has 0 bridgehead atoms. The van der Waals surface area contributed by atoms with Crippen molar-refractivity contribution in [3.05, 3.63) is 94.9 Å². The van der Waals surface area contributed by atoms with E-state index >= 15 is 0 Å². The summed E-state index contributed by atoms with van der Waals surface area (Å²) in [6.45, 7) is 0.0485. The lowest BCUT2D eigenvalue weighted by molar-refractivity contribution is -0.660. The lowest BCUT2D eigenvalue weighted by Crippen LogP contribution is -2.30. The second-order valence-corrected chi connectivity index (χ2v) is 8.59. The number of aryl methyl sites for hydroxylation is 4. The van der Waals surface area contributed by atoms with Crippen molar-refractivity contribution >= 4 is 0 Å². The fraction of sp³-hybridized carbons (Fsp3) is 0.241. The summed E-state index contributed by atoms with van der Waals surface area (Å²) in [6.07, 6.45) is 2.01. The van der Waals surface area contributed by atoms with Crippen LogP contribution in [0.5, 0.6) is 0 Å². The van der Waals surface area contributed by atoms with Gasteiger partial charge in [0, 0.05) is 42.6 Å². The van der Waals surface area contributed by atoms with Crippen LogP contribution in [0.1, 0.15) is 50.0 Å². The summed E-state index contributed by atoms with van der Waals surface area (Å²) in [5.41, 5.74) is 5.95. The molecule has 2 nitrogen and oxygen atoms in total. The van der Waals surface area contributed by atoms with Crippen LogP contribution >= 0.6 is 0 Å². The smallest absolute Gasteiger partial charge is 0.213 e. The number of hydrogen-bond acceptors (Lipinski definition) is 1. The predicted molar refractivity (Wildman–Crippen MR) is 128 cm³/mol. The Hall–Kier alpha value is -3.26. The van der Waals surface area contributed by atoms with Crippen LogP contribution in [-0.2, 0) is 12.5 Å². The normalized spacial score (nSPS) is 17.4. The molecule has 0 radical (unpaired) electrons. The Kier molecular flexibility index (Phi) is 3.09. The Morgan fingerprint density at radius 3 is 2.32 bits per heavy atom. The van der Waals surface area contributed by atoms with E-state index in [1.165, 1.54) is 5.56 Å². The molecule has 0 amide bonds. The lowest BCUT2D eigenvalue weighted by atomic mass is 9.83. The molecular formula is C29H29N2+. The molecule has 2 heterocycles. The highest BCUT2D eigenvalue weighted by Crippen LogP contribution is 2.49. The van der Waals surface area contributed by atoms with Crippen LogP contribution in [-0.4, -0.2) is 4.98 Å². The Labute approximate surface area is 193 Å². The van der Waals surface area contributed by atoms with Gasteiger partial charge in [-0.2, -0.15) is 0 Å². The largest absolute Gasteiger partial charge is 0.257 e. The van der Waals surface area contributed by atoms with Crippen LogP contribution in [0.25, 0.3) is 33.5 Å². The van der Waals surface area contributed by atoms with Crippen molar-refractivity contribution in [3.8, 4) is 33.5 Å². The third-order valence-electron chi connectivity index (χ3n) is 6.26. The molecule has 2 heteroatoms. The van der Waals surface area contributed by atoms with Crippen molar-refractivity contribution in [3.63, 3.8) is 0 Å². The van der Waals surface area contributed by atoms with Crippen LogP contribution in [0, 0.1) is 20.8 Å². The summed E-state index contributed by atoms with van der Waals surface area (Å²) >= 11 is 0. The summed E-state index contributed by atoms with van der Waals surface area (Å²) < 4.78 is 52.8. The van der Waals surface area contributed by atoms with Gasteiger partial charge in [-0.25, -0.2) is 4.57 Å². The number of pyridine rings is 2. The molecule has 0 N–H and O–H groups in total. The van der Waals surface area contributed by atoms with Gasteiger partial charge >= 0.3 is 0 Å². The molecule has 0 unspecified atom stereocenters. The number of fused-ring (bicyclic) bond motifs is 3. The minimum Gasteiger partial charge on any atom is -0.257 e. The third-order valence-corrected chi connectivity index (χ3v) is 6.26. The zero-order valence-corrected chi connectivity index (χ0v) is 18.2. The second-order valence-electron chi connectivity index (χ2n) is 8.59. The molecule has 1 aliphatic carbocycles. The minimum atomic E-state index is -2.83. The van der Waals surface area contributed by atoms with E-state index in [4.69, 9.17) is 8.22 Å². The van der Waals surface area contributed by atoms with Gasteiger partial charge in [0.15, 0.2) is 6.20 Å². The van der Waals surface area contributed by atoms with Gasteiger partial charge in [-0.05, 0) is 60.7 Å². The Bertz CT molecular complexity index is 1520. The first-order chi connectivity index (χ1) is 17.3. The van der Waals surface area contributed by atoms with Gasteiger partial charge in [0.2, 0.25) is 5.69 Å². The summed E-state index contributed by atoms with van der Waals surface area (Å²) in [7, 11) is 1.97. The van der Waals surface area contributed by atoms with E-state index in [9.17, 15) is 0 Å². The topological polar surface area (TPSA) is 16.8 Å². The van der Waals surface area contributed by atoms with Gasteiger partial charge in [-0.3, -0.25) is 4.98 Å². The second kappa shape index (κ2) is 6.88. The molecule has 5 rings (SSSR count). The number of hydrogen-bond donors (Lipinski definition) is 0. The highest BCUT2D eigenvalue weighted by molar-refractivity contribution is 5.84. The Morgan fingerprint density at radius 1 is 0.806 bits per heavy atom. The molecule has 2 aromatic carbocycles. The first-order valence-electron chi connectivity index (χ1n) is 13.5. The zero-order chi connectivity index (χ0) is 26.9. The molecule has 0 fully saturated rings. The van der Waals surface area contributed by atoms with Crippen LogP contribution in [0.3, 0.4) is 0 Å². The zero-order valence-electron chi connectivity index (χ0n) is 24.2. The number of benzene rings is 2. The van der Waals surface area contributed by atoms with Gasteiger partial charge in [0.05, 0.1) is 5.69 Å². The van der Waals surface area contributed by atoms with Crippen LogP contribution in [0.4, 0.5) is 0 Å². The lowest BCUT2D eigenvalue weighted by Gasteiger charge is -2.21. The quantitative estimate of drug-likeness (QED) is 0.345. The molecule has 1 aliphatic rings. The van der Waals surface area contributed by atoms with E-state index in [1.54, 1.807) is 25.1 Å². The van der Waals surface area contributed by atoms with E-state index < -0.39 is 19.1 Å². The molecule has 2 aromatic heterocycles. The van der Waals surface area contributed by atoms with E-state index in [1.807, 2.05) is 30.8 Å². The SMILES string of the molecule is [2H]C([2H])([2H])C1(C([2H])([2H])[2H])c2cc(C)c(-c3cc(-c4ccc(C)cc4)cc[n+]3C)cc2-c2ccc(C)nc21. The molecule has 0 saturated heterocycles. The Morgan fingerprint density at radius 2 is 1.58 bits per heavy atom. The van der Waals surface area contributed by atoms with E-state index in [0.29, 0.717) is 22.4 Å². The summed E-state index contributed by atoms with van der Waals surface area (Å²) in [5.74, 6) is 0. The van der Waals surface area contributed by atoms with Crippen LogP contribution in [0.15, 0.2) is 66.9 Å². The maximum Gasteiger partial charge on any atom is 0.213 e. The highest BCUT2D eigenvalue weighted by Gasteiger charge is 2.38. The van der Waals surface area contributed by atoms with Crippen LogP contribution < -0.4 is 4.57 Å². The predicted octanol–water partition coefficient (Wildman–Crippen LogP) is 6.47. The number of aromatic nitrogens is 2.